The molecule has 10 heavy (non-hydrogen) atoms. The first-order chi connectivity index (χ1) is 4.72. The molecular weight excluding hydrogens is 142 g/mol. The summed E-state index contributed by atoms with van der Waals surface area (Å²) in [7, 11) is 0. The molecule has 0 amide bonds. The van der Waals surface area contributed by atoms with Gasteiger partial charge in [0.15, 0.2) is 0 Å². The van der Waals surface area contributed by atoms with E-state index in [1.807, 2.05) is 6.92 Å². The average molecular weight is 159 g/mol. The number of hydrogen-bond acceptors (Lipinski definition) is 2. The maximum absolute atomic E-state index is 3.88. The molecule has 0 aliphatic rings. The second-order valence-corrected chi connectivity index (χ2v) is 3.18. The lowest BCUT2D eigenvalue weighted by Crippen LogP contribution is -2.12. The van der Waals surface area contributed by atoms with Crippen LogP contribution in [-0.2, 0) is 0 Å². The van der Waals surface area contributed by atoms with E-state index in [2.05, 4.69) is 24.1 Å². The smallest absolute Gasteiger partial charge is 0.0291 e. The van der Waals surface area contributed by atoms with Gasteiger partial charge in [0.2, 0.25) is 0 Å². The van der Waals surface area contributed by atoms with Gasteiger partial charge in [-0.25, -0.2) is 0 Å². The van der Waals surface area contributed by atoms with Crippen LogP contribution in [0, 0.1) is 0 Å². The number of unbranched alkanes of at least 4 members (excludes halogenated alkanes) is 1. The fourth-order valence-electron chi connectivity index (χ4n) is 0.740. The standard InChI is InChI=1S/C8H17NS/c1-5-6-7-9(10-4)8(2)3/h2,5-7H2,1,3-4H3. The van der Waals surface area contributed by atoms with E-state index >= 15 is 0 Å². The molecular formula is C8H17NS. The van der Waals surface area contributed by atoms with E-state index < -0.39 is 0 Å². The molecule has 0 fully saturated rings. The van der Waals surface area contributed by atoms with Crippen LogP contribution >= 0.6 is 11.9 Å². The molecule has 0 aromatic carbocycles. The number of rotatable bonds is 5. The maximum atomic E-state index is 3.88. The largest absolute Gasteiger partial charge is 0.321 e. The third-order valence-corrected chi connectivity index (χ3v) is 2.30. The highest BCUT2D eigenvalue weighted by Crippen LogP contribution is 2.12. The SMILES string of the molecule is C=C(C)N(CCCC)SC. The molecule has 0 aromatic rings. The Hall–Kier alpha value is -0.110. The number of allylic oxidation sites excluding steroid dienone is 1. The topological polar surface area (TPSA) is 3.24 Å². The Bertz CT molecular complexity index is 101. The van der Waals surface area contributed by atoms with Gasteiger partial charge in [-0.05, 0) is 13.3 Å². The molecule has 0 heterocycles. The highest BCUT2D eigenvalue weighted by Gasteiger charge is 1.98. The van der Waals surface area contributed by atoms with Crippen LogP contribution in [0.25, 0.3) is 0 Å². The monoisotopic (exact) mass is 159 g/mol. The van der Waals surface area contributed by atoms with Crippen LogP contribution in [0.5, 0.6) is 0 Å². The van der Waals surface area contributed by atoms with Gasteiger partial charge in [0.25, 0.3) is 0 Å². The van der Waals surface area contributed by atoms with Crippen molar-refractivity contribution in [2.45, 2.75) is 26.7 Å². The van der Waals surface area contributed by atoms with Gasteiger partial charge in [-0.2, -0.15) is 0 Å². The fraction of sp³-hybridized carbons (Fsp3) is 0.750. The molecule has 0 saturated heterocycles. The van der Waals surface area contributed by atoms with E-state index in [0.29, 0.717) is 0 Å². The minimum atomic E-state index is 1.13. The molecule has 0 unspecified atom stereocenters. The Morgan fingerprint density at radius 3 is 2.50 bits per heavy atom. The van der Waals surface area contributed by atoms with Gasteiger partial charge in [0, 0.05) is 18.5 Å². The lowest BCUT2D eigenvalue weighted by atomic mass is 10.3. The molecule has 60 valence electrons. The zero-order chi connectivity index (χ0) is 7.98. The predicted octanol–water partition coefficient (Wildman–Crippen LogP) is 2.90. The zero-order valence-electron chi connectivity index (χ0n) is 7.18. The van der Waals surface area contributed by atoms with E-state index in [1.165, 1.54) is 12.8 Å². The molecule has 0 rings (SSSR count). The van der Waals surface area contributed by atoms with Crippen molar-refractivity contribution >= 4 is 11.9 Å². The van der Waals surface area contributed by atoms with Crippen molar-refractivity contribution < 1.29 is 0 Å². The summed E-state index contributed by atoms with van der Waals surface area (Å²) >= 11 is 1.75. The highest BCUT2D eigenvalue weighted by molar-refractivity contribution is 7.96. The third-order valence-electron chi connectivity index (χ3n) is 1.36. The third kappa shape index (κ3) is 3.83. The van der Waals surface area contributed by atoms with Gasteiger partial charge in [0.1, 0.15) is 0 Å². The second-order valence-electron chi connectivity index (χ2n) is 2.37. The normalized spacial score (nSPS) is 9.50. The van der Waals surface area contributed by atoms with Crippen LogP contribution in [0.4, 0.5) is 0 Å². The van der Waals surface area contributed by atoms with Crippen LogP contribution in [0.15, 0.2) is 12.3 Å². The van der Waals surface area contributed by atoms with E-state index in [-0.39, 0.29) is 0 Å². The quantitative estimate of drug-likeness (QED) is 0.567. The molecule has 0 aliphatic carbocycles. The minimum absolute atomic E-state index is 1.13. The molecule has 0 aliphatic heterocycles. The van der Waals surface area contributed by atoms with Gasteiger partial charge >= 0.3 is 0 Å². The number of nitrogens with zero attached hydrogens (tertiary/aromatic N) is 1. The molecule has 0 saturated carbocycles. The highest BCUT2D eigenvalue weighted by atomic mass is 32.2. The Kier molecular flexibility index (Phi) is 5.60. The molecule has 0 spiro atoms. The molecule has 0 atom stereocenters. The van der Waals surface area contributed by atoms with E-state index in [4.69, 9.17) is 0 Å². The lowest BCUT2D eigenvalue weighted by molar-refractivity contribution is 0.546. The summed E-state index contributed by atoms with van der Waals surface area (Å²) in [5, 5.41) is 0. The van der Waals surface area contributed by atoms with Crippen LogP contribution in [-0.4, -0.2) is 17.1 Å². The van der Waals surface area contributed by atoms with Gasteiger partial charge in [-0.1, -0.05) is 31.9 Å². The summed E-state index contributed by atoms with van der Waals surface area (Å²) in [6.07, 6.45) is 4.60. The van der Waals surface area contributed by atoms with Crippen LogP contribution in [0.3, 0.4) is 0 Å². The van der Waals surface area contributed by atoms with Gasteiger partial charge in [-0.3, -0.25) is 0 Å². The van der Waals surface area contributed by atoms with Crippen molar-refractivity contribution in [3.63, 3.8) is 0 Å². The molecule has 1 nitrogen and oxygen atoms in total. The van der Waals surface area contributed by atoms with Crippen molar-refractivity contribution in [2.75, 3.05) is 12.8 Å². The predicted molar refractivity (Wildman–Crippen MR) is 49.9 cm³/mol. The Labute approximate surface area is 68.6 Å². The second kappa shape index (κ2) is 5.66. The summed E-state index contributed by atoms with van der Waals surface area (Å²) in [5.41, 5.74) is 1.15. The molecule has 0 radical (unpaired) electrons. The van der Waals surface area contributed by atoms with E-state index in [1.54, 1.807) is 11.9 Å². The summed E-state index contributed by atoms with van der Waals surface area (Å²) in [4.78, 5) is 0. The Morgan fingerprint density at radius 1 is 1.60 bits per heavy atom. The summed E-state index contributed by atoms with van der Waals surface area (Å²) in [6.45, 7) is 9.27. The summed E-state index contributed by atoms with van der Waals surface area (Å²) < 4.78 is 2.23. The van der Waals surface area contributed by atoms with Gasteiger partial charge in [0.05, 0.1) is 0 Å². The molecule has 0 N–H and O–H groups in total. The minimum Gasteiger partial charge on any atom is -0.321 e. The van der Waals surface area contributed by atoms with E-state index in [9.17, 15) is 0 Å². The van der Waals surface area contributed by atoms with Crippen molar-refractivity contribution in [3.8, 4) is 0 Å². The average Bonchev–Trinajstić information content (AvgIpc) is 1.89. The van der Waals surface area contributed by atoms with Crippen molar-refractivity contribution in [1.82, 2.24) is 4.31 Å². The number of hydrogen-bond donors (Lipinski definition) is 0. The van der Waals surface area contributed by atoms with Crippen LogP contribution in [0.2, 0.25) is 0 Å². The van der Waals surface area contributed by atoms with Crippen LogP contribution in [0.1, 0.15) is 26.7 Å². The van der Waals surface area contributed by atoms with E-state index in [0.717, 1.165) is 12.2 Å². The zero-order valence-corrected chi connectivity index (χ0v) is 8.00. The van der Waals surface area contributed by atoms with Gasteiger partial charge < -0.3 is 4.31 Å². The Morgan fingerprint density at radius 2 is 2.20 bits per heavy atom. The Balaban J connectivity index is 3.50. The summed E-state index contributed by atoms with van der Waals surface area (Å²) in [5.74, 6) is 0. The molecule has 0 bridgehead atoms. The van der Waals surface area contributed by atoms with Crippen molar-refractivity contribution in [2.24, 2.45) is 0 Å². The fourth-order valence-corrected chi connectivity index (χ4v) is 1.36. The maximum Gasteiger partial charge on any atom is 0.0291 e. The summed E-state index contributed by atoms with van der Waals surface area (Å²) in [6, 6.07) is 0. The lowest BCUT2D eigenvalue weighted by Gasteiger charge is -2.20. The van der Waals surface area contributed by atoms with Crippen LogP contribution < -0.4 is 0 Å². The molecule has 2 heteroatoms. The van der Waals surface area contributed by atoms with Crippen molar-refractivity contribution in [3.05, 3.63) is 12.3 Å². The van der Waals surface area contributed by atoms with Crippen molar-refractivity contribution in [1.29, 1.82) is 0 Å². The molecule has 0 aromatic heterocycles. The first-order valence-corrected chi connectivity index (χ1v) is 4.87. The first kappa shape index (κ1) is 9.89. The van der Waals surface area contributed by atoms with Gasteiger partial charge in [-0.15, -0.1) is 0 Å². The first-order valence-electron chi connectivity index (χ1n) is 3.69.